The maximum atomic E-state index is 12.8. The molecule has 3 rings (SSSR count). The highest BCUT2D eigenvalue weighted by Crippen LogP contribution is 2.23. The number of sulfonamides is 1. The van der Waals surface area contributed by atoms with Crippen LogP contribution in [0.4, 0.5) is 11.4 Å². The molecule has 0 bridgehead atoms. The lowest BCUT2D eigenvalue weighted by molar-refractivity contribution is -0.114. The number of nitrogens with zero attached hydrogens (tertiary/aromatic N) is 1. The quantitative estimate of drug-likeness (QED) is 0.356. The fraction of sp³-hybridized carbons (Fsp3) is 0.259. The molecule has 190 valence electrons. The molecule has 2 amide bonds. The monoisotopic (exact) mass is 509 g/mol. The van der Waals surface area contributed by atoms with Crippen LogP contribution < -0.4 is 19.7 Å². The van der Waals surface area contributed by atoms with Gasteiger partial charge in [0.1, 0.15) is 18.9 Å². The number of amides is 2. The van der Waals surface area contributed by atoms with Crippen molar-refractivity contribution in [3.05, 3.63) is 90.0 Å². The molecule has 2 N–H and O–H groups in total. The highest BCUT2D eigenvalue weighted by molar-refractivity contribution is 7.92. The number of carbonyl (C=O) groups excluding carboxylic acids is 2. The summed E-state index contributed by atoms with van der Waals surface area (Å²) in [5, 5.41) is 5.50. The van der Waals surface area contributed by atoms with Crippen molar-refractivity contribution in [1.29, 1.82) is 0 Å². The maximum Gasteiger partial charge on any atom is 0.253 e. The molecule has 36 heavy (non-hydrogen) atoms. The van der Waals surface area contributed by atoms with Gasteiger partial charge in [-0.05, 0) is 48.4 Å². The number of rotatable bonds is 12. The summed E-state index contributed by atoms with van der Waals surface area (Å²) in [5.41, 5.74) is 1.96. The van der Waals surface area contributed by atoms with Crippen molar-refractivity contribution in [2.45, 2.75) is 26.4 Å². The Morgan fingerprint density at radius 2 is 1.58 bits per heavy atom. The van der Waals surface area contributed by atoms with E-state index in [1.165, 1.54) is 0 Å². The summed E-state index contributed by atoms with van der Waals surface area (Å²) in [4.78, 5) is 25.4. The fourth-order valence-corrected chi connectivity index (χ4v) is 4.29. The SMILES string of the molecule is CCCCNC(=O)c1ccccc1NC(=O)CN(c1ccc(OCc2ccccc2)cc1)S(C)(=O)=O. The Hall–Kier alpha value is -3.85. The summed E-state index contributed by atoms with van der Waals surface area (Å²) < 4.78 is 31.7. The van der Waals surface area contributed by atoms with E-state index in [1.54, 1.807) is 48.5 Å². The Kier molecular flexibility index (Phi) is 9.46. The van der Waals surface area contributed by atoms with Gasteiger partial charge in [0, 0.05) is 6.54 Å². The Morgan fingerprint density at radius 1 is 0.917 bits per heavy atom. The van der Waals surface area contributed by atoms with Crippen LogP contribution in [0.25, 0.3) is 0 Å². The van der Waals surface area contributed by atoms with Gasteiger partial charge >= 0.3 is 0 Å². The number of ether oxygens (including phenoxy) is 1. The predicted molar refractivity (Wildman–Crippen MR) is 142 cm³/mol. The van der Waals surface area contributed by atoms with Gasteiger partial charge in [0.15, 0.2) is 0 Å². The number of hydrogen-bond donors (Lipinski definition) is 2. The molecule has 0 atom stereocenters. The maximum absolute atomic E-state index is 12.8. The van der Waals surface area contributed by atoms with Crippen molar-refractivity contribution in [2.24, 2.45) is 0 Å². The number of nitrogens with one attached hydrogen (secondary N) is 2. The van der Waals surface area contributed by atoms with E-state index in [0.29, 0.717) is 35.8 Å². The molecule has 3 aromatic rings. The van der Waals surface area contributed by atoms with Crippen LogP contribution in [0.1, 0.15) is 35.7 Å². The summed E-state index contributed by atoms with van der Waals surface area (Å²) in [6.07, 6.45) is 2.83. The second-order valence-corrected chi connectivity index (χ2v) is 10.1. The Labute approximate surface area is 212 Å². The van der Waals surface area contributed by atoms with E-state index < -0.39 is 22.5 Å². The fourth-order valence-electron chi connectivity index (χ4n) is 3.43. The third-order valence-corrected chi connectivity index (χ3v) is 6.46. The summed E-state index contributed by atoms with van der Waals surface area (Å²) in [5.74, 6) is -0.299. The molecule has 3 aromatic carbocycles. The lowest BCUT2D eigenvalue weighted by Gasteiger charge is -2.22. The zero-order valence-electron chi connectivity index (χ0n) is 20.4. The van der Waals surface area contributed by atoms with Gasteiger partial charge in [-0.2, -0.15) is 0 Å². The molecule has 0 fully saturated rings. The van der Waals surface area contributed by atoms with E-state index in [4.69, 9.17) is 4.74 Å². The Bertz CT molecular complexity index is 1260. The lowest BCUT2D eigenvalue weighted by Crippen LogP contribution is -2.37. The van der Waals surface area contributed by atoms with Crippen LogP contribution >= 0.6 is 0 Å². The largest absolute Gasteiger partial charge is 0.489 e. The second kappa shape index (κ2) is 12.7. The summed E-state index contributed by atoms with van der Waals surface area (Å²) in [7, 11) is -3.76. The van der Waals surface area contributed by atoms with E-state index in [2.05, 4.69) is 10.6 Å². The molecule has 8 nitrogen and oxygen atoms in total. The third-order valence-electron chi connectivity index (χ3n) is 5.32. The lowest BCUT2D eigenvalue weighted by atomic mass is 10.1. The number of anilines is 2. The minimum Gasteiger partial charge on any atom is -0.489 e. The third kappa shape index (κ3) is 7.84. The molecule has 0 unspecified atom stereocenters. The van der Waals surface area contributed by atoms with Crippen molar-refractivity contribution in [1.82, 2.24) is 5.32 Å². The number of benzene rings is 3. The van der Waals surface area contributed by atoms with E-state index >= 15 is 0 Å². The highest BCUT2D eigenvalue weighted by Gasteiger charge is 2.22. The van der Waals surface area contributed by atoms with Crippen LogP contribution in [0, 0.1) is 0 Å². The van der Waals surface area contributed by atoms with Gasteiger partial charge in [-0.3, -0.25) is 13.9 Å². The average molecular weight is 510 g/mol. The standard InChI is InChI=1S/C27H31N3O5S/c1-3-4-18-28-27(32)24-12-8-9-13-25(24)29-26(31)19-30(36(2,33)34)22-14-16-23(17-15-22)35-20-21-10-6-5-7-11-21/h5-17H,3-4,18-20H2,1-2H3,(H,28,32)(H,29,31). The van der Waals surface area contributed by atoms with Crippen LogP contribution in [0.3, 0.4) is 0 Å². The Balaban J connectivity index is 1.68. The Morgan fingerprint density at radius 3 is 2.25 bits per heavy atom. The van der Waals surface area contributed by atoms with Gasteiger partial charge in [0.05, 0.1) is 23.2 Å². The first kappa shape index (κ1) is 26.7. The van der Waals surface area contributed by atoms with Gasteiger partial charge in [0.25, 0.3) is 5.91 Å². The molecule has 9 heteroatoms. The van der Waals surface area contributed by atoms with Gasteiger partial charge in [-0.15, -0.1) is 0 Å². The van der Waals surface area contributed by atoms with Gasteiger partial charge in [-0.25, -0.2) is 8.42 Å². The number of unbranched alkanes of at least 4 members (excludes halogenated alkanes) is 1. The molecular formula is C27H31N3O5S. The number of para-hydroxylation sites is 1. The van der Waals surface area contributed by atoms with E-state index in [0.717, 1.165) is 29.0 Å². The van der Waals surface area contributed by atoms with Crippen molar-refractivity contribution in [3.8, 4) is 5.75 Å². The molecule has 0 aliphatic heterocycles. The predicted octanol–water partition coefficient (Wildman–Crippen LogP) is 4.20. The number of hydrogen-bond acceptors (Lipinski definition) is 5. The van der Waals surface area contributed by atoms with Crippen molar-refractivity contribution in [2.75, 3.05) is 29.0 Å². The van der Waals surface area contributed by atoms with Crippen LogP contribution in [0.15, 0.2) is 78.9 Å². The van der Waals surface area contributed by atoms with E-state index in [1.807, 2.05) is 37.3 Å². The van der Waals surface area contributed by atoms with Crippen LogP contribution in [-0.2, 0) is 21.4 Å². The van der Waals surface area contributed by atoms with E-state index in [9.17, 15) is 18.0 Å². The smallest absolute Gasteiger partial charge is 0.253 e. The van der Waals surface area contributed by atoms with Gasteiger partial charge in [-0.1, -0.05) is 55.8 Å². The first-order chi connectivity index (χ1) is 17.3. The minimum atomic E-state index is -3.76. The molecule has 0 aliphatic carbocycles. The van der Waals surface area contributed by atoms with Crippen molar-refractivity contribution < 1.29 is 22.7 Å². The molecule has 0 aliphatic rings. The van der Waals surface area contributed by atoms with Crippen LogP contribution in [0.5, 0.6) is 5.75 Å². The van der Waals surface area contributed by atoms with Gasteiger partial charge in [0.2, 0.25) is 15.9 Å². The zero-order chi connectivity index (χ0) is 26.0. The second-order valence-electron chi connectivity index (χ2n) is 8.24. The van der Waals surface area contributed by atoms with E-state index in [-0.39, 0.29) is 5.91 Å². The molecule has 0 aromatic heterocycles. The average Bonchev–Trinajstić information content (AvgIpc) is 2.87. The topological polar surface area (TPSA) is 105 Å². The minimum absolute atomic E-state index is 0.301. The zero-order valence-corrected chi connectivity index (χ0v) is 21.3. The molecule has 0 spiro atoms. The normalized spacial score (nSPS) is 10.9. The summed E-state index contributed by atoms with van der Waals surface area (Å²) >= 11 is 0. The summed E-state index contributed by atoms with van der Waals surface area (Å²) in [6, 6.07) is 22.8. The summed E-state index contributed by atoms with van der Waals surface area (Å²) in [6.45, 7) is 2.49. The number of carbonyl (C=O) groups is 2. The van der Waals surface area contributed by atoms with Crippen molar-refractivity contribution in [3.63, 3.8) is 0 Å². The highest BCUT2D eigenvalue weighted by atomic mass is 32.2. The molecule has 0 heterocycles. The molecule has 0 saturated heterocycles. The molecule has 0 radical (unpaired) electrons. The first-order valence-electron chi connectivity index (χ1n) is 11.7. The van der Waals surface area contributed by atoms with Crippen molar-refractivity contribution >= 4 is 33.2 Å². The first-order valence-corrected chi connectivity index (χ1v) is 13.5. The van der Waals surface area contributed by atoms with Gasteiger partial charge < -0.3 is 15.4 Å². The molecular weight excluding hydrogens is 478 g/mol. The molecule has 0 saturated carbocycles. The van der Waals surface area contributed by atoms with Crippen LogP contribution in [0.2, 0.25) is 0 Å². The van der Waals surface area contributed by atoms with Crippen LogP contribution in [-0.4, -0.2) is 39.6 Å².